The van der Waals surface area contributed by atoms with Crippen LogP contribution >= 0.6 is 23.7 Å². The van der Waals surface area contributed by atoms with Crippen molar-refractivity contribution in [1.82, 2.24) is 10.2 Å². The van der Waals surface area contributed by atoms with E-state index in [0.29, 0.717) is 28.0 Å². The van der Waals surface area contributed by atoms with Gasteiger partial charge in [-0.15, -0.1) is 23.7 Å². The van der Waals surface area contributed by atoms with Gasteiger partial charge in [0.05, 0.1) is 5.56 Å². The Balaban J connectivity index is 0.00000192. The SMILES string of the molecule is Cl.O=C(Nc1sccc1C(=O)N1C[C@H]2CNC[C@H]2C1)c1ccc2c(c1)CCC2. The lowest BCUT2D eigenvalue weighted by molar-refractivity contribution is 0.0783. The second kappa shape index (κ2) is 7.85. The Bertz CT molecular complexity index is 901. The van der Waals surface area contributed by atoms with Crippen LogP contribution in [-0.2, 0) is 12.8 Å². The van der Waals surface area contributed by atoms with Crippen molar-refractivity contribution in [1.29, 1.82) is 0 Å². The van der Waals surface area contributed by atoms with Gasteiger partial charge in [0, 0.05) is 31.7 Å². The minimum absolute atomic E-state index is 0. The first-order valence-corrected chi connectivity index (χ1v) is 10.6. The van der Waals surface area contributed by atoms with E-state index in [1.165, 1.54) is 22.5 Å². The van der Waals surface area contributed by atoms with Gasteiger partial charge >= 0.3 is 0 Å². The summed E-state index contributed by atoms with van der Waals surface area (Å²) in [5.41, 5.74) is 3.92. The van der Waals surface area contributed by atoms with E-state index in [-0.39, 0.29) is 24.2 Å². The average Bonchev–Trinajstić information content (AvgIpc) is 3.43. The number of hydrogen-bond acceptors (Lipinski definition) is 4. The first-order chi connectivity index (χ1) is 13.2. The lowest BCUT2D eigenvalue weighted by atomic mass is 10.0. The number of halogens is 1. The standard InChI is InChI=1S/C21H23N3O2S.ClH/c25-19(15-5-4-13-2-1-3-14(13)8-15)23-20-18(6-7-27-20)21(26)24-11-16-9-22-10-17(16)12-24;/h4-8,16-17,22H,1-3,9-12H2,(H,23,25);1H/t16-,17+;. The molecule has 5 rings (SSSR count). The van der Waals surface area contributed by atoms with Gasteiger partial charge in [0.1, 0.15) is 5.00 Å². The molecule has 2 atom stereocenters. The fourth-order valence-electron chi connectivity index (χ4n) is 4.65. The summed E-state index contributed by atoms with van der Waals surface area (Å²) >= 11 is 1.41. The van der Waals surface area contributed by atoms with Crippen LogP contribution in [-0.4, -0.2) is 42.9 Å². The molecule has 0 unspecified atom stereocenters. The van der Waals surface area contributed by atoms with E-state index >= 15 is 0 Å². The van der Waals surface area contributed by atoms with E-state index in [4.69, 9.17) is 0 Å². The molecular weight excluding hydrogens is 394 g/mol. The van der Waals surface area contributed by atoms with Crippen molar-refractivity contribution < 1.29 is 9.59 Å². The number of nitrogens with one attached hydrogen (secondary N) is 2. The van der Waals surface area contributed by atoms with Crippen molar-refractivity contribution in [3.63, 3.8) is 0 Å². The van der Waals surface area contributed by atoms with Crippen LogP contribution in [0.15, 0.2) is 29.6 Å². The summed E-state index contributed by atoms with van der Waals surface area (Å²) in [7, 11) is 0. The number of benzene rings is 1. The zero-order chi connectivity index (χ0) is 18.4. The van der Waals surface area contributed by atoms with E-state index in [1.807, 2.05) is 28.5 Å². The van der Waals surface area contributed by atoms with E-state index in [1.54, 1.807) is 0 Å². The van der Waals surface area contributed by atoms with Gasteiger partial charge in [-0.3, -0.25) is 9.59 Å². The number of anilines is 1. The molecule has 0 spiro atoms. The van der Waals surface area contributed by atoms with Crippen LogP contribution < -0.4 is 10.6 Å². The van der Waals surface area contributed by atoms with Gasteiger partial charge in [-0.1, -0.05) is 6.07 Å². The highest BCUT2D eigenvalue weighted by atomic mass is 35.5. The predicted molar refractivity (Wildman–Crippen MR) is 114 cm³/mol. The van der Waals surface area contributed by atoms with Gasteiger partial charge in [0.2, 0.25) is 0 Å². The number of thiophene rings is 1. The highest BCUT2D eigenvalue weighted by molar-refractivity contribution is 7.14. The number of nitrogens with zero attached hydrogens (tertiary/aromatic N) is 1. The largest absolute Gasteiger partial charge is 0.338 e. The van der Waals surface area contributed by atoms with E-state index in [0.717, 1.165) is 45.4 Å². The molecule has 1 aliphatic carbocycles. The molecule has 0 radical (unpaired) electrons. The Morgan fingerprint density at radius 3 is 2.61 bits per heavy atom. The lowest BCUT2D eigenvalue weighted by Gasteiger charge is -2.18. The lowest BCUT2D eigenvalue weighted by Crippen LogP contribution is -2.32. The maximum Gasteiger partial charge on any atom is 0.256 e. The zero-order valence-electron chi connectivity index (χ0n) is 15.6. The van der Waals surface area contributed by atoms with Gasteiger partial charge < -0.3 is 15.5 Å². The van der Waals surface area contributed by atoms with Crippen molar-refractivity contribution in [2.75, 3.05) is 31.5 Å². The van der Waals surface area contributed by atoms with E-state index < -0.39 is 0 Å². The molecule has 3 heterocycles. The molecule has 0 bridgehead atoms. The number of carbonyl (C=O) groups is 2. The highest BCUT2D eigenvalue weighted by Crippen LogP contribution is 2.31. The molecule has 1 aromatic carbocycles. The van der Waals surface area contributed by atoms with Crippen LogP contribution in [0.5, 0.6) is 0 Å². The molecule has 1 aromatic heterocycles. The Hall–Kier alpha value is -1.89. The molecule has 5 nitrogen and oxygen atoms in total. The Morgan fingerprint density at radius 1 is 1.07 bits per heavy atom. The molecule has 2 N–H and O–H groups in total. The van der Waals surface area contributed by atoms with Gasteiger partial charge in [-0.25, -0.2) is 0 Å². The molecular formula is C21H24ClN3O2S. The number of likely N-dealkylation sites (tertiary alicyclic amines) is 1. The van der Waals surface area contributed by atoms with Crippen molar-refractivity contribution in [3.05, 3.63) is 51.9 Å². The normalized spacial score (nSPS) is 22.5. The summed E-state index contributed by atoms with van der Waals surface area (Å²) < 4.78 is 0. The van der Waals surface area contributed by atoms with Crippen LogP contribution in [0.3, 0.4) is 0 Å². The van der Waals surface area contributed by atoms with E-state index in [2.05, 4.69) is 16.7 Å². The summed E-state index contributed by atoms with van der Waals surface area (Å²) in [6.45, 7) is 3.62. The molecule has 0 saturated carbocycles. The summed E-state index contributed by atoms with van der Waals surface area (Å²) in [4.78, 5) is 27.7. The Labute approximate surface area is 174 Å². The summed E-state index contributed by atoms with van der Waals surface area (Å²) in [5.74, 6) is 1.03. The molecule has 148 valence electrons. The first kappa shape index (κ1) is 19.4. The quantitative estimate of drug-likeness (QED) is 0.806. The third kappa shape index (κ3) is 3.45. The number of fused-ring (bicyclic) bond motifs is 2. The smallest absolute Gasteiger partial charge is 0.256 e. The van der Waals surface area contributed by atoms with Crippen LogP contribution in [0.2, 0.25) is 0 Å². The monoisotopic (exact) mass is 417 g/mol. The van der Waals surface area contributed by atoms with Gasteiger partial charge in [0.15, 0.2) is 0 Å². The molecule has 28 heavy (non-hydrogen) atoms. The molecule has 7 heteroatoms. The second-order valence-electron chi connectivity index (χ2n) is 7.84. The van der Waals surface area contributed by atoms with Crippen molar-refractivity contribution in [3.8, 4) is 0 Å². The van der Waals surface area contributed by atoms with Crippen molar-refractivity contribution in [2.24, 2.45) is 11.8 Å². The van der Waals surface area contributed by atoms with Crippen LogP contribution in [0.1, 0.15) is 38.3 Å². The fraction of sp³-hybridized carbons (Fsp3) is 0.429. The fourth-order valence-corrected chi connectivity index (χ4v) is 5.43. The summed E-state index contributed by atoms with van der Waals surface area (Å²) in [5, 5.41) is 8.90. The number of carbonyl (C=O) groups excluding carboxylic acids is 2. The second-order valence-corrected chi connectivity index (χ2v) is 8.76. The van der Waals surface area contributed by atoms with Gasteiger partial charge in [0.25, 0.3) is 11.8 Å². The van der Waals surface area contributed by atoms with Crippen molar-refractivity contribution >= 4 is 40.6 Å². The third-order valence-electron chi connectivity index (χ3n) is 6.16. The number of rotatable bonds is 3. The van der Waals surface area contributed by atoms with E-state index in [9.17, 15) is 9.59 Å². The number of hydrogen-bond donors (Lipinski definition) is 2. The molecule has 2 aliphatic heterocycles. The number of amides is 2. The first-order valence-electron chi connectivity index (χ1n) is 9.69. The third-order valence-corrected chi connectivity index (χ3v) is 6.99. The van der Waals surface area contributed by atoms with Gasteiger partial charge in [-0.05, 0) is 65.8 Å². The highest BCUT2D eigenvalue weighted by Gasteiger charge is 2.38. The van der Waals surface area contributed by atoms with Crippen LogP contribution in [0.4, 0.5) is 5.00 Å². The van der Waals surface area contributed by atoms with Crippen LogP contribution in [0, 0.1) is 11.8 Å². The maximum atomic E-state index is 13.0. The minimum atomic E-state index is -0.135. The minimum Gasteiger partial charge on any atom is -0.338 e. The number of aryl methyl sites for hydroxylation is 2. The maximum absolute atomic E-state index is 13.0. The molecule has 3 aliphatic rings. The Morgan fingerprint density at radius 2 is 1.82 bits per heavy atom. The predicted octanol–water partition coefficient (Wildman–Crippen LogP) is 3.20. The molecule has 2 aromatic rings. The van der Waals surface area contributed by atoms with Crippen LogP contribution in [0.25, 0.3) is 0 Å². The summed E-state index contributed by atoms with van der Waals surface area (Å²) in [6.07, 6.45) is 3.32. The Kier molecular flexibility index (Phi) is 5.45. The molecule has 2 amide bonds. The topological polar surface area (TPSA) is 61.4 Å². The average molecular weight is 418 g/mol. The molecule has 2 saturated heterocycles. The van der Waals surface area contributed by atoms with Crippen molar-refractivity contribution in [2.45, 2.75) is 19.3 Å². The van der Waals surface area contributed by atoms with Gasteiger partial charge in [-0.2, -0.15) is 0 Å². The molecule has 2 fully saturated rings. The zero-order valence-corrected chi connectivity index (χ0v) is 17.2. The summed E-state index contributed by atoms with van der Waals surface area (Å²) in [6, 6.07) is 7.79.